The molecule has 0 saturated heterocycles. The Labute approximate surface area is 106 Å². The van der Waals surface area contributed by atoms with Crippen LogP contribution < -0.4 is 5.32 Å². The average Bonchev–Trinajstić information content (AvgIpc) is 2.23. The zero-order valence-corrected chi connectivity index (χ0v) is 10.2. The van der Waals surface area contributed by atoms with E-state index in [9.17, 15) is 26.3 Å². The van der Waals surface area contributed by atoms with Gasteiger partial charge in [-0.05, 0) is 19.5 Å². The van der Waals surface area contributed by atoms with Gasteiger partial charge in [-0.15, -0.1) is 0 Å². The quantitative estimate of drug-likeness (QED) is 0.828. The fraction of sp³-hybridized carbons (Fsp3) is 0.500. The van der Waals surface area contributed by atoms with Crippen molar-refractivity contribution in [2.24, 2.45) is 5.92 Å². The molecule has 0 aliphatic rings. The highest BCUT2D eigenvalue weighted by atomic mass is 19.4. The zero-order chi connectivity index (χ0) is 14.8. The van der Waals surface area contributed by atoms with Crippen molar-refractivity contribution in [2.45, 2.75) is 25.3 Å². The molecule has 7 heteroatoms. The van der Waals surface area contributed by atoms with Crippen LogP contribution in [0.3, 0.4) is 0 Å². The van der Waals surface area contributed by atoms with E-state index < -0.39 is 24.3 Å². The van der Waals surface area contributed by atoms with Crippen molar-refractivity contribution in [3.8, 4) is 0 Å². The van der Waals surface area contributed by atoms with Crippen molar-refractivity contribution in [3.63, 3.8) is 0 Å². The van der Waals surface area contributed by atoms with E-state index in [1.54, 1.807) is 6.92 Å². The topological polar surface area (TPSA) is 12.0 Å². The first-order valence-electron chi connectivity index (χ1n) is 5.44. The van der Waals surface area contributed by atoms with E-state index in [0.29, 0.717) is 0 Å². The number of hydrogen-bond donors (Lipinski definition) is 1. The van der Waals surface area contributed by atoms with Gasteiger partial charge in [-0.1, -0.05) is 29.8 Å². The first-order chi connectivity index (χ1) is 8.57. The van der Waals surface area contributed by atoms with E-state index in [1.165, 1.54) is 24.3 Å². The maximum absolute atomic E-state index is 12.7. The number of benzene rings is 1. The Morgan fingerprint density at radius 1 is 0.895 bits per heavy atom. The maximum atomic E-state index is 12.7. The van der Waals surface area contributed by atoms with Crippen LogP contribution in [0, 0.1) is 12.8 Å². The van der Waals surface area contributed by atoms with Gasteiger partial charge in [-0.2, -0.15) is 26.3 Å². The molecule has 1 aromatic carbocycles. The highest BCUT2D eigenvalue weighted by Gasteiger charge is 2.60. The number of hydrogen-bond acceptors (Lipinski definition) is 1. The van der Waals surface area contributed by atoms with Crippen molar-refractivity contribution < 1.29 is 26.3 Å². The van der Waals surface area contributed by atoms with E-state index in [-0.39, 0.29) is 5.56 Å². The Kier molecular flexibility index (Phi) is 4.50. The molecule has 0 aliphatic carbocycles. The molecule has 108 valence electrons. The standard InChI is InChI=1S/C12H13F6N/c1-7-3-5-8(6-4-7)9(19-2)10(11(13,14)15)12(16,17)18/h3-6,9-10,19H,1-2H3. The summed E-state index contributed by atoms with van der Waals surface area (Å²) < 4.78 is 75.9. The summed E-state index contributed by atoms with van der Waals surface area (Å²) >= 11 is 0. The molecule has 19 heavy (non-hydrogen) atoms. The molecule has 0 heterocycles. The second-order valence-corrected chi connectivity index (χ2v) is 4.24. The van der Waals surface area contributed by atoms with E-state index >= 15 is 0 Å². The summed E-state index contributed by atoms with van der Waals surface area (Å²) in [5.41, 5.74) is 0.710. The molecule has 0 bridgehead atoms. The van der Waals surface area contributed by atoms with Gasteiger partial charge in [0.05, 0.1) is 6.04 Å². The van der Waals surface area contributed by atoms with Gasteiger partial charge in [0.2, 0.25) is 0 Å². The van der Waals surface area contributed by atoms with E-state index in [0.717, 1.165) is 12.6 Å². The molecular formula is C12H13F6N. The van der Waals surface area contributed by atoms with Crippen LogP contribution in [0.1, 0.15) is 17.2 Å². The van der Waals surface area contributed by atoms with Gasteiger partial charge in [-0.25, -0.2) is 0 Å². The third kappa shape index (κ3) is 3.86. The molecule has 1 N–H and O–H groups in total. The Morgan fingerprint density at radius 3 is 1.63 bits per heavy atom. The molecular weight excluding hydrogens is 272 g/mol. The average molecular weight is 285 g/mol. The van der Waals surface area contributed by atoms with Gasteiger partial charge in [-0.3, -0.25) is 0 Å². The summed E-state index contributed by atoms with van der Waals surface area (Å²) in [6.45, 7) is 1.70. The highest BCUT2D eigenvalue weighted by molar-refractivity contribution is 5.25. The van der Waals surface area contributed by atoms with Gasteiger partial charge in [0.25, 0.3) is 0 Å². The number of aryl methyl sites for hydroxylation is 1. The summed E-state index contributed by atoms with van der Waals surface area (Å²) in [5.74, 6) is -3.44. The number of alkyl halides is 6. The Hall–Kier alpha value is -1.24. The van der Waals surface area contributed by atoms with Gasteiger partial charge >= 0.3 is 12.4 Å². The van der Waals surface area contributed by atoms with Crippen LogP contribution in [0.5, 0.6) is 0 Å². The second kappa shape index (κ2) is 5.40. The smallest absolute Gasteiger partial charge is 0.312 e. The SMILES string of the molecule is CNC(c1ccc(C)cc1)C(C(F)(F)F)C(F)(F)F. The van der Waals surface area contributed by atoms with E-state index in [4.69, 9.17) is 0 Å². The summed E-state index contributed by atoms with van der Waals surface area (Å²) in [5, 5.41) is 2.11. The van der Waals surface area contributed by atoms with E-state index in [2.05, 4.69) is 5.32 Å². The number of nitrogens with one attached hydrogen (secondary N) is 1. The lowest BCUT2D eigenvalue weighted by Gasteiger charge is -2.30. The van der Waals surface area contributed by atoms with Crippen LogP contribution in [-0.4, -0.2) is 19.4 Å². The molecule has 0 radical (unpaired) electrons. The van der Waals surface area contributed by atoms with Crippen LogP contribution in [0.2, 0.25) is 0 Å². The third-order valence-electron chi connectivity index (χ3n) is 2.79. The first-order valence-corrected chi connectivity index (χ1v) is 5.44. The predicted octanol–water partition coefficient (Wildman–Crippen LogP) is 4.00. The monoisotopic (exact) mass is 285 g/mol. The molecule has 1 nitrogen and oxygen atoms in total. The van der Waals surface area contributed by atoms with Crippen molar-refractivity contribution in [3.05, 3.63) is 35.4 Å². The van der Waals surface area contributed by atoms with Crippen molar-refractivity contribution in [2.75, 3.05) is 7.05 Å². The van der Waals surface area contributed by atoms with Crippen molar-refractivity contribution >= 4 is 0 Å². The highest BCUT2D eigenvalue weighted by Crippen LogP contribution is 2.46. The zero-order valence-electron chi connectivity index (χ0n) is 10.2. The van der Waals surface area contributed by atoms with Crippen molar-refractivity contribution in [1.82, 2.24) is 5.32 Å². The molecule has 0 aliphatic heterocycles. The summed E-state index contributed by atoms with van der Waals surface area (Å²) in [6.07, 6.45) is -10.7. The molecule has 1 unspecified atom stereocenters. The van der Waals surface area contributed by atoms with Gasteiger partial charge in [0.1, 0.15) is 0 Å². The third-order valence-corrected chi connectivity index (χ3v) is 2.79. The Bertz CT molecular complexity index is 392. The molecule has 0 fully saturated rings. The minimum absolute atomic E-state index is 0.0484. The van der Waals surface area contributed by atoms with Crippen LogP contribution in [0.4, 0.5) is 26.3 Å². The summed E-state index contributed by atoms with van der Waals surface area (Å²) in [4.78, 5) is 0. The van der Waals surface area contributed by atoms with Gasteiger partial charge in [0.15, 0.2) is 5.92 Å². The van der Waals surface area contributed by atoms with E-state index in [1.807, 2.05) is 0 Å². The minimum Gasteiger partial charge on any atom is -0.312 e. The van der Waals surface area contributed by atoms with Gasteiger partial charge < -0.3 is 5.32 Å². The Morgan fingerprint density at radius 2 is 1.32 bits per heavy atom. The van der Waals surface area contributed by atoms with Crippen LogP contribution in [0.15, 0.2) is 24.3 Å². The van der Waals surface area contributed by atoms with Crippen LogP contribution >= 0.6 is 0 Å². The number of halogens is 6. The molecule has 1 atom stereocenters. The lowest BCUT2D eigenvalue weighted by Crippen LogP contribution is -2.45. The van der Waals surface area contributed by atoms with Gasteiger partial charge in [0, 0.05) is 0 Å². The number of rotatable bonds is 3. The van der Waals surface area contributed by atoms with Crippen molar-refractivity contribution in [1.29, 1.82) is 0 Å². The summed E-state index contributed by atoms with van der Waals surface area (Å²) in [6, 6.07) is 3.62. The van der Waals surface area contributed by atoms with Crippen LogP contribution in [0.25, 0.3) is 0 Å². The summed E-state index contributed by atoms with van der Waals surface area (Å²) in [7, 11) is 1.08. The molecule has 0 saturated carbocycles. The Balaban J connectivity index is 3.21. The first kappa shape index (κ1) is 15.8. The molecule has 0 amide bonds. The minimum atomic E-state index is -5.36. The maximum Gasteiger partial charge on any atom is 0.402 e. The largest absolute Gasteiger partial charge is 0.402 e. The second-order valence-electron chi connectivity index (χ2n) is 4.24. The fourth-order valence-electron chi connectivity index (χ4n) is 1.86. The molecule has 1 aromatic rings. The lowest BCUT2D eigenvalue weighted by molar-refractivity contribution is -0.292. The molecule has 0 aromatic heterocycles. The molecule has 0 spiro atoms. The molecule has 1 rings (SSSR count). The fourth-order valence-corrected chi connectivity index (χ4v) is 1.86. The normalized spacial score (nSPS) is 14.8. The van der Waals surface area contributed by atoms with Crippen LogP contribution in [-0.2, 0) is 0 Å². The lowest BCUT2D eigenvalue weighted by atomic mass is 9.91. The predicted molar refractivity (Wildman–Crippen MR) is 58.6 cm³/mol.